The van der Waals surface area contributed by atoms with Crippen molar-refractivity contribution in [3.05, 3.63) is 91.9 Å². The van der Waals surface area contributed by atoms with Crippen LogP contribution >= 0.6 is 0 Å². The minimum atomic E-state index is -5.06. The number of pyridine rings is 1. The molecule has 6 nitrogen and oxygen atoms in total. The van der Waals surface area contributed by atoms with Gasteiger partial charge in [-0.05, 0) is 67.1 Å². The van der Waals surface area contributed by atoms with Crippen molar-refractivity contribution in [2.24, 2.45) is 11.8 Å². The summed E-state index contributed by atoms with van der Waals surface area (Å²) >= 11 is 0. The van der Waals surface area contributed by atoms with Gasteiger partial charge in [-0.3, -0.25) is 19.5 Å². The molecule has 2 N–H and O–H groups in total. The second-order valence-corrected chi connectivity index (χ2v) is 11.4. The first kappa shape index (κ1) is 29.2. The average Bonchev–Trinajstić information content (AvgIpc) is 2.99. The van der Waals surface area contributed by atoms with E-state index in [1.807, 2.05) is 30.3 Å². The minimum Gasteiger partial charge on any atom is -0.372 e. The van der Waals surface area contributed by atoms with E-state index in [0.717, 1.165) is 48.8 Å². The molecule has 3 aromatic carbocycles. The highest BCUT2D eigenvalue weighted by molar-refractivity contribution is 5.84. The second kappa shape index (κ2) is 10.7. The normalized spacial score (nSPS) is 23.0. The van der Waals surface area contributed by atoms with E-state index in [4.69, 9.17) is 0 Å². The number of anilines is 3. The standard InChI is InChI=1S/C31H28F6N4O2/c1-2-16-15-41-10-8-17(16)11-24(41)25(22-7-9-38-23-6-4-3-5-21(22)23)40-27-26(28(42)29(27)43)39-20-13-18(30(32,33)34)12-19(14-20)31(35,36)37/h3-7,9,12-14,16-17,24-25,39-40H,2,8,10-11,15H2,1H3/t16-,17-,24-,25-/m0/s1. The molecule has 0 aliphatic carbocycles. The Morgan fingerprint density at radius 1 is 0.953 bits per heavy atom. The lowest BCUT2D eigenvalue weighted by atomic mass is 9.72. The van der Waals surface area contributed by atoms with E-state index in [0.29, 0.717) is 24.0 Å². The first-order valence-electron chi connectivity index (χ1n) is 14.1. The molecule has 0 saturated carbocycles. The number of fused-ring (bicyclic) bond motifs is 4. The zero-order valence-corrected chi connectivity index (χ0v) is 23.0. The van der Waals surface area contributed by atoms with Crippen molar-refractivity contribution in [1.29, 1.82) is 0 Å². The summed E-state index contributed by atoms with van der Waals surface area (Å²) in [5, 5.41) is 6.46. The third kappa shape index (κ3) is 5.37. The third-order valence-corrected chi connectivity index (χ3v) is 8.93. The van der Waals surface area contributed by atoms with Gasteiger partial charge in [-0.15, -0.1) is 0 Å². The summed E-state index contributed by atoms with van der Waals surface area (Å²) in [6.45, 7) is 3.88. The number of halogens is 6. The van der Waals surface area contributed by atoms with Crippen LogP contribution in [0.5, 0.6) is 0 Å². The fourth-order valence-corrected chi connectivity index (χ4v) is 6.73. The molecule has 0 amide bonds. The summed E-state index contributed by atoms with van der Waals surface area (Å²) in [6.07, 6.45) is -5.57. The van der Waals surface area contributed by atoms with Gasteiger partial charge >= 0.3 is 12.4 Å². The summed E-state index contributed by atoms with van der Waals surface area (Å²) < 4.78 is 80.7. The van der Waals surface area contributed by atoms with Gasteiger partial charge in [0.1, 0.15) is 11.4 Å². The molecular formula is C31H28F6N4O2. The van der Waals surface area contributed by atoms with Crippen molar-refractivity contribution in [2.45, 2.75) is 50.6 Å². The predicted molar refractivity (Wildman–Crippen MR) is 151 cm³/mol. The highest BCUT2D eigenvalue weighted by Crippen LogP contribution is 2.44. The number of piperidine rings is 3. The van der Waals surface area contributed by atoms with Crippen LogP contribution in [0.4, 0.5) is 43.4 Å². The molecule has 12 heteroatoms. The Kier molecular flexibility index (Phi) is 7.22. The molecule has 43 heavy (non-hydrogen) atoms. The van der Waals surface area contributed by atoms with Gasteiger partial charge in [0.15, 0.2) is 0 Å². The Labute approximate surface area is 242 Å². The second-order valence-electron chi connectivity index (χ2n) is 11.4. The van der Waals surface area contributed by atoms with Crippen LogP contribution in [0, 0.1) is 11.8 Å². The molecule has 226 valence electrons. The Balaban J connectivity index is 1.40. The van der Waals surface area contributed by atoms with Gasteiger partial charge in [-0.1, -0.05) is 31.5 Å². The van der Waals surface area contributed by atoms with Crippen LogP contribution in [-0.2, 0) is 12.4 Å². The van der Waals surface area contributed by atoms with Gasteiger partial charge in [0.2, 0.25) is 0 Å². The number of alkyl halides is 6. The van der Waals surface area contributed by atoms with Crippen LogP contribution in [0.2, 0.25) is 0 Å². The Morgan fingerprint density at radius 2 is 1.63 bits per heavy atom. The van der Waals surface area contributed by atoms with Gasteiger partial charge < -0.3 is 10.6 Å². The van der Waals surface area contributed by atoms with Crippen molar-refractivity contribution >= 4 is 28.0 Å². The van der Waals surface area contributed by atoms with Gasteiger partial charge in [-0.2, -0.15) is 26.3 Å². The third-order valence-electron chi connectivity index (χ3n) is 8.93. The van der Waals surface area contributed by atoms with Gasteiger partial charge in [0, 0.05) is 29.9 Å². The van der Waals surface area contributed by atoms with Crippen molar-refractivity contribution in [1.82, 2.24) is 9.88 Å². The molecule has 5 atom stereocenters. The number of nitrogens with one attached hydrogen (secondary N) is 2. The zero-order valence-electron chi connectivity index (χ0n) is 23.0. The summed E-state index contributed by atoms with van der Waals surface area (Å²) in [7, 11) is 0. The minimum absolute atomic E-state index is 0.00712. The first-order valence-corrected chi connectivity index (χ1v) is 14.1. The quantitative estimate of drug-likeness (QED) is 0.177. The zero-order chi connectivity index (χ0) is 30.7. The topological polar surface area (TPSA) is 74.3 Å². The molecule has 7 rings (SSSR count). The number of nitrogens with zero attached hydrogens (tertiary/aromatic N) is 2. The fraction of sp³-hybridized carbons (Fsp3) is 0.387. The first-order chi connectivity index (χ1) is 20.3. The molecule has 1 aromatic heterocycles. The highest BCUT2D eigenvalue weighted by Gasteiger charge is 2.44. The maximum absolute atomic E-state index is 13.5. The van der Waals surface area contributed by atoms with Crippen LogP contribution in [0.15, 0.2) is 64.3 Å². The Bertz CT molecular complexity index is 1710. The summed E-state index contributed by atoms with van der Waals surface area (Å²) in [4.78, 5) is 32.4. The molecular weight excluding hydrogens is 574 g/mol. The molecule has 4 aromatic rings. The SMILES string of the molecule is CC[C@H]1CN2CC[C@H]1C[C@H]2[C@@H](Nc1c(Nc2cc(C(F)(F)F)cc(C(F)(F)F)c2)c(=O)c1=O)c1ccnc2ccccc12. The molecule has 3 aliphatic rings. The molecule has 3 aliphatic heterocycles. The van der Waals surface area contributed by atoms with Gasteiger partial charge in [0.25, 0.3) is 10.9 Å². The highest BCUT2D eigenvalue weighted by atomic mass is 19.4. The van der Waals surface area contributed by atoms with E-state index in [2.05, 4.69) is 27.4 Å². The Hall–Kier alpha value is -3.93. The predicted octanol–water partition coefficient (Wildman–Crippen LogP) is 6.89. The maximum Gasteiger partial charge on any atom is 0.416 e. The van der Waals surface area contributed by atoms with Crippen LogP contribution in [0.3, 0.4) is 0 Å². The number of hydrogen-bond donors (Lipinski definition) is 2. The maximum atomic E-state index is 13.5. The summed E-state index contributed by atoms with van der Waals surface area (Å²) in [6, 6.07) is 9.70. The molecule has 0 radical (unpaired) electrons. The Morgan fingerprint density at radius 3 is 2.26 bits per heavy atom. The molecule has 3 saturated heterocycles. The van der Waals surface area contributed by atoms with Crippen molar-refractivity contribution < 1.29 is 26.3 Å². The van der Waals surface area contributed by atoms with Gasteiger partial charge in [-0.25, -0.2) is 0 Å². The van der Waals surface area contributed by atoms with Crippen molar-refractivity contribution in [3.63, 3.8) is 0 Å². The van der Waals surface area contributed by atoms with E-state index in [1.54, 1.807) is 6.20 Å². The number of hydrogen-bond acceptors (Lipinski definition) is 6. The lowest BCUT2D eigenvalue weighted by Gasteiger charge is -2.52. The van der Waals surface area contributed by atoms with E-state index in [1.165, 1.54) is 0 Å². The molecule has 4 heterocycles. The summed E-state index contributed by atoms with van der Waals surface area (Å²) in [5.41, 5.74) is -4.57. The fourth-order valence-electron chi connectivity index (χ4n) is 6.73. The molecule has 1 unspecified atom stereocenters. The monoisotopic (exact) mass is 602 g/mol. The van der Waals surface area contributed by atoms with Crippen molar-refractivity contribution in [2.75, 3.05) is 23.7 Å². The van der Waals surface area contributed by atoms with Crippen LogP contribution < -0.4 is 21.5 Å². The molecule has 2 bridgehead atoms. The lowest BCUT2D eigenvalue weighted by molar-refractivity contribution is -0.143. The largest absolute Gasteiger partial charge is 0.416 e. The van der Waals surface area contributed by atoms with Crippen molar-refractivity contribution in [3.8, 4) is 0 Å². The van der Waals surface area contributed by atoms with E-state index in [9.17, 15) is 35.9 Å². The number of rotatable bonds is 7. The van der Waals surface area contributed by atoms with Gasteiger partial charge in [0.05, 0.1) is 22.7 Å². The number of benzene rings is 2. The van der Waals surface area contributed by atoms with Crippen LogP contribution in [0.25, 0.3) is 10.9 Å². The van der Waals surface area contributed by atoms with E-state index >= 15 is 0 Å². The average molecular weight is 603 g/mol. The van der Waals surface area contributed by atoms with Crippen LogP contribution in [0.1, 0.15) is 48.9 Å². The smallest absolute Gasteiger partial charge is 0.372 e. The summed E-state index contributed by atoms with van der Waals surface area (Å²) in [5.74, 6) is 1.00. The van der Waals surface area contributed by atoms with E-state index < -0.39 is 46.1 Å². The lowest BCUT2D eigenvalue weighted by Crippen LogP contribution is -2.56. The van der Waals surface area contributed by atoms with E-state index in [-0.39, 0.29) is 23.5 Å². The number of para-hydroxylation sites is 1. The molecule has 0 spiro atoms. The molecule has 3 fully saturated rings. The number of aromatic nitrogens is 1. The van der Waals surface area contributed by atoms with Crippen LogP contribution in [-0.4, -0.2) is 29.0 Å².